The first-order valence-corrected chi connectivity index (χ1v) is 8.95. The van der Waals surface area contributed by atoms with Gasteiger partial charge in [-0.15, -0.1) is 10.2 Å². The SMILES string of the molecule is c1cn2c(C3CCCSC3)nnc2cc1N1CCNCC1. The minimum Gasteiger partial charge on any atom is -0.369 e. The molecule has 2 aromatic rings. The summed E-state index contributed by atoms with van der Waals surface area (Å²) in [6.07, 6.45) is 4.69. The molecule has 2 fully saturated rings. The van der Waals surface area contributed by atoms with Gasteiger partial charge in [0.15, 0.2) is 5.65 Å². The molecule has 2 aliphatic rings. The van der Waals surface area contributed by atoms with Crippen molar-refractivity contribution in [2.75, 3.05) is 42.6 Å². The van der Waals surface area contributed by atoms with Gasteiger partial charge in [-0.25, -0.2) is 0 Å². The van der Waals surface area contributed by atoms with E-state index in [1.54, 1.807) is 0 Å². The molecule has 2 aromatic heterocycles. The molecule has 2 saturated heterocycles. The molecule has 21 heavy (non-hydrogen) atoms. The third-order valence-corrected chi connectivity index (χ3v) is 5.64. The molecule has 1 unspecified atom stereocenters. The number of thioether (sulfide) groups is 1. The smallest absolute Gasteiger partial charge is 0.162 e. The van der Waals surface area contributed by atoms with Crippen LogP contribution in [0.5, 0.6) is 0 Å². The van der Waals surface area contributed by atoms with Gasteiger partial charge in [0.1, 0.15) is 5.82 Å². The summed E-state index contributed by atoms with van der Waals surface area (Å²) in [5, 5.41) is 12.3. The minimum absolute atomic E-state index is 0.559. The van der Waals surface area contributed by atoms with E-state index in [0.29, 0.717) is 5.92 Å². The van der Waals surface area contributed by atoms with Crippen LogP contribution in [0.1, 0.15) is 24.6 Å². The van der Waals surface area contributed by atoms with Crippen molar-refractivity contribution >= 4 is 23.1 Å². The number of aromatic nitrogens is 3. The number of pyridine rings is 1. The normalized spacial score (nSPS) is 23.6. The first kappa shape index (κ1) is 13.4. The van der Waals surface area contributed by atoms with Crippen molar-refractivity contribution < 1.29 is 0 Å². The van der Waals surface area contributed by atoms with E-state index in [2.05, 4.69) is 43.1 Å². The first-order chi connectivity index (χ1) is 10.4. The van der Waals surface area contributed by atoms with E-state index >= 15 is 0 Å². The topological polar surface area (TPSA) is 45.5 Å². The zero-order valence-corrected chi connectivity index (χ0v) is 13.0. The highest BCUT2D eigenvalue weighted by molar-refractivity contribution is 7.99. The van der Waals surface area contributed by atoms with Gasteiger partial charge < -0.3 is 10.2 Å². The van der Waals surface area contributed by atoms with Crippen LogP contribution in [-0.4, -0.2) is 52.3 Å². The molecular formula is C15H21N5S. The maximum absolute atomic E-state index is 4.47. The monoisotopic (exact) mass is 303 g/mol. The Hall–Kier alpha value is -1.27. The molecule has 0 saturated carbocycles. The Bertz CT molecular complexity index is 614. The summed E-state index contributed by atoms with van der Waals surface area (Å²) in [6.45, 7) is 4.25. The quantitative estimate of drug-likeness (QED) is 0.916. The molecule has 5 nitrogen and oxygen atoms in total. The molecule has 4 heterocycles. The maximum atomic E-state index is 4.47. The molecule has 6 heteroatoms. The van der Waals surface area contributed by atoms with Gasteiger partial charge in [-0.1, -0.05) is 0 Å². The molecule has 0 aliphatic carbocycles. The van der Waals surface area contributed by atoms with Crippen molar-refractivity contribution in [3.05, 3.63) is 24.2 Å². The zero-order chi connectivity index (χ0) is 14.1. The summed E-state index contributed by atoms with van der Waals surface area (Å²) in [7, 11) is 0. The lowest BCUT2D eigenvalue weighted by Crippen LogP contribution is -2.43. The minimum atomic E-state index is 0.559. The van der Waals surface area contributed by atoms with E-state index in [0.717, 1.165) is 37.7 Å². The van der Waals surface area contributed by atoms with E-state index in [1.807, 2.05) is 11.8 Å². The van der Waals surface area contributed by atoms with E-state index in [1.165, 1.54) is 30.0 Å². The molecule has 2 aliphatic heterocycles. The van der Waals surface area contributed by atoms with Crippen LogP contribution in [0.15, 0.2) is 18.3 Å². The lowest BCUT2D eigenvalue weighted by atomic mass is 10.1. The standard InChI is InChI=1S/C15H21N5S/c1-2-12(11-21-9-1)15-18-17-14-10-13(3-6-20(14)15)19-7-4-16-5-8-19/h3,6,10,12,16H,1-2,4-5,7-9,11H2. The molecule has 4 rings (SSSR count). The fourth-order valence-corrected chi connectivity index (χ4v) is 4.38. The lowest BCUT2D eigenvalue weighted by Gasteiger charge is -2.29. The summed E-state index contributed by atoms with van der Waals surface area (Å²) < 4.78 is 2.18. The Morgan fingerprint density at radius 2 is 2.14 bits per heavy atom. The van der Waals surface area contributed by atoms with Crippen LogP contribution in [0.2, 0.25) is 0 Å². The Morgan fingerprint density at radius 1 is 1.24 bits per heavy atom. The highest BCUT2D eigenvalue weighted by Gasteiger charge is 2.21. The summed E-state index contributed by atoms with van der Waals surface area (Å²) >= 11 is 2.04. The predicted molar refractivity (Wildman–Crippen MR) is 87.4 cm³/mol. The van der Waals surface area contributed by atoms with Gasteiger partial charge in [-0.3, -0.25) is 4.40 Å². The van der Waals surface area contributed by atoms with Crippen molar-refractivity contribution in [3.8, 4) is 0 Å². The number of rotatable bonds is 2. The lowest BCUT2D eigenvalue weighted by molar-refractivity contribution is 0.589. The van der Waals surface area contributed by atoms with Crippen molar-refractivity contribution in [1.82, 2.24) is 19.9 Å². The Balaban J connectivity index is 1.63. The van der Waals surface area contributed by atoms with E-state index in [9.17, 15) is 0 Å². The van der Waals surface area contributed by atoms with Crippen molar-refractivity contribution in [2.45, 2.75) is 18.8 Å². The van der Waals surface area contributed by atoms with Gasteiger partial charge in [0.25, 0.3) is 0 Å². The van der Waals surface area contributed by atoms with E-state index in [4.69, 9.17) is 0 Å². The fraction of sp³-hybridized carbons (Fsp3) is 0.600. The number of fused-ring (bicyclic) bond motifs is 1. The average molecular weight is 303 g/mol. The molecular weight excluding hydrogens is 282 g/mol. The number of hydrogen-bond acceptors (Lipinski definition) is 5. The van der Waals surface area contributed by atoms with Crippen LogP contribution >= 0.6 is 11.8 Å². The van der Waals surface area contributed by atoms with Gasteiger partial charge in [-0.2, -0.15) is 11.8 Å². The van der Waals surface area contributed by atoms with Crippen LogP contribution in [0.25, 0.3) is 5.65 Å². The van der Waals surface area contributed by atoms with Gasteiger partial charge in [0.05, 0.1) is 0 Å². The van der Waals surface area contributed by atoms with E-state index in [-0.39, 0.29) is 0 Å². The van der Waals surface area contributed by atoms with Crippen LogP contribution in [-0.2, 0) is 0 Å². The number of nitrogens with zero attached hydrogens (tertiary/aromatic N) is 4. The third kappa shape index (κ3) is 2.62. The summed E-state index contributed by atoms with van der Waals surface area (Å²) in [5.41, 5.74) is 2.25. The number of hydrogen-bond donors (Lipinski definition) is 1. The fourth-order valence-electron chi connectivity index (χ4n) is 3.24. The van der Waals surface area contributed by atoms with Crippen molar-refractivity contribution in [2.24, 2.45) is 0 Å². The van der Waals surface area contributed by atoms with Crippen LogP contribution in [0.4, 0.5) is 5.69 Å². The Morgan fingerprint density at radius 3 is 2.95 bits per heavy atom. The molecule has 0 amide bonds. The van der Waals surface area contributed by atoms with E-state index < -0.39 is 0 Å². The Labute approximate surface area is 129 Å². The first-order valence-electron chi connectivity index (χ1n) is 7.80. The van der Waals surface area contributed by atoms with Gasteiger partial charge in [-0.05, 0) is 24.7 Å². The van der Waals surface area contributed by atoms with Crippen LogP contribution < -0.4 is 10.2 Å². The number of piperazine rings is 1. The zero-order valence-electron chi connectivity index (χ0n) is 12.2. The van der Waals surface area contributed by atoms with Crippen LogP contribution in [0, 0.1) is 0 Å². The molecule has 112 valence electrons. The average Bonchev–Trinajstić information content (AvgIpc) is 2.99. The predicted octanol–water partition coefficient (Wildman–Crippen LogP) is 1.75. The summed E-state index contributed by atoms with van der Waals surface area (Å²) in [4.78, 5) is 2.42. The second-order valence-electron chi connectivity index (χ2n) is 5.82. The van der Waals surface area contributed by atoms with Crippen molar-refractivity contribution in [3.63, 3.8) is 0 Å². The largest absolute Gasteiger partial charge is 0.369 e. The summed E-state index contributed by atoms with van der Waals surface area (Å²) in [5.74, 6) is 4.17. The molecule has 1 atom stereocenters. The molecule has 0 bridgehead atoms. The second kappa shape index (κ2) is 5.85. The molecule has 0 spiro atoms. The van der Waals surface area contributed by atoms with Crippen molar-refractivity contribution in [1.29, 1.82) is 0 Å². The molecule has 0 aromatic carbocycles. The highest BCUT2D eigenvalue weighted by atomic mass is 32.2. The summed E-state index contributed by atoms with van der Waals surface area (Å²) in [6, 6.07) is 4.39. The van der Waals surface area contributed by atoms with Crippen LogP contribution in [0.3, 0.4) is 0 Å². The van der Waals surface area contributed by atoms with Gasteiger partial charge >= 0.3 is 0 Å². The Kier molecular flexibility index (Phi) is 3.73. The number of nitrogens with one attached hydrogen (secondary N) is 1. The molecule has 0 radical (unpaired) electrons. The van der Waals surface area contributed by atoms with Gasteiger partial charge in [0, 0.05) is 55.8 Å². The third-order valence-electron chi connectivity index (χ3n) is 4.43. The number of anilines is 1. The molecule has 1 N–H and O–H groups in total. The second-order valence-corrected chi connectivity index (χ2v) is 6.97. The van der Waals surface area contributed by atoms with Gasteiger partial charge in [0.2, 0.25) is 0 Å². The highest BCUT2D eigenvalue weighted by Crippen LogP contribution is 2.30. The maximum Gasteiger partial charge on any atom is 0.162 e.